The normalized spacial score (nSPS) is 31.0. The Morgan fingerprint density at radius 2 is 1.71 bits per heavy atom. The lowest BCUT2D eigenvalue weighted by Gasteiger charge is -2.41. The second-order valence-electron chi connectivity index (χ2n) is 14.0. The average molecular weight is 709 g/mol. The maximum Gasteiger partial charge on any atom is 0.216 e. The minimum atomic E-state index is -3.54. The maximum absolute atomic E-state index is 13.8. The van der Waals surface area contributed by atoms with Crippen LogP contribution in [0.15, 0.2) is 42.5 Å². The molecule has 2 aliphatic heterocycles. The van der Waals surface area contributed by atoms with E-state index in [0.29, 0.717) is 25.4 Å². The minimum Gasteiger partial charge on any atom is -0.362 e. The molecule has 0 amide bonds. The summed E-state index contributed by atoms with van der Waals surface area (Å²) >= 11 is 2.36. The molecule has 4 bridgehead atoms. The van der Waals surface area contributed by atoms with Crippen molar-refractivity contribution in [2.45, 2.75) is 110 Å². The van der Waals surface area contributed by atoms with E-state index in [1.165, 1.54) is 25.8 Å². The van der Waals surface area contributed by atoms with E-state index in [1.54, 1.807) is 0 Å². The largest absolute Gasteiger partial charge is 0.362 e. The van der Waals surface area contributed by atoms with Gasteiger partial charge in [-0.3, -0.25) is 15.5 Å². The molecule has 7 nitrogen and oxygen atoms in total. The monoisotopic (exact) mass is 708 g/mol. The van der Waals surface area contributed by atoms with Gasteiger partial charge in [0.25, 0.3) is 0 Å². The lowest BCUT2D eigenvalue weighted by Crippen LogP contribution is -2.64. The van der Waals surface area contributed by atoms with Crippen molar-refractivity contribution in [3.8, 4) is 0 Å². The van der Waals surface area contributed by atoms with E-state index in [2.05, 4.69) is 120 Å². The molecule has 5 rings (SSSR count). The van der Waals surface area contributed by atoms with Gasteiger partial charge in [0, 0.05) is 35.2 Å². The molecule has 2 saturated heterocycles. The Labute approximate surface area is 267 Å². The molecular formula is C33H49IN4O3S. The molecule has 3 N–H and O–H groups in total. The van der Waals surface area contributed by atoms with Gasteiger partial charge in [0.2, 0.25) is 10.0 Å². The first-order valence-corrected chi connectivity index (χ1v) is 18.2. The molecule has 2 aromatic rings. The average Bonchev–Trinajstić information content (AvgIpc) is 2.91. The Morgan fingerprint density at radius 1 is 1.00 bits per heavy atom. The fraction of sp³-hybridized carbons (Fsp3) is 0.636. The summed E-state index contributed by atoms with van der Waals surface area (Å²) in [6.07, 6.45) is 4.24. The van der Waals surface area contributed by atoms with Crippen LogP contribution in [0.1, 0.15) is 87.6 Å². The summed E-state index contributed by atoms with van der Waals surface area (Å²) in [6.45, 7) is 13.5. The predicted molar refractivity (Wildman–Crippen MR) is 178 cm³/mol. The molecule has 3 aliphatic rings. The summed E-state index contributed by atoms with van der Waals surface area (Å²) in [5.74, 6) is 0.329. The quantitative estimate of drug-likeness (QED) is 0.341. The molecule has 2 heterocycles. The third kappa shape index (κ3) is 8.34. The van der Waals surface area contributed by atoms with Gasteiger partial charge in [-0.15, -0.1) is 0 Å². The van der Waals surface area contributed by atoms with Crippen LogP contribution in [0, 0.1) is 28.8 Å². The van der Waals surface area contributed by atoms with Crippen molar-refractivity contribution in [2.75, 3.05) is 13.2 Å². The van der Waals surface area contributed by atoms with Gasteiger partial charge >= 0.3 is 0 Å². The SMILES string of the molecule is Cc1cccc(C)c1C1CC2NC(N1)NS(=O)(=O)C1CCCC(C1)CN(Cc1ccc(I)cc1)[C@H](CC(C)(C)C)CO2. The van der Waals surface area contributed by atoms with Gasteiger partial charge in [0.05, 0.1) is 11.9 Å². The van der Waals surface area contributed by atoms with Gasteiger partial charge in [-0.05, 0) is 108 Å². The van der Waals surface area contributed by atoms with Crippen molar-refractivity contribution < 1.29 is 13.2 Å². The Morgan fingerprint density at radius 3 is 2.40 bits per heavy atom. The van der Waals surface area contributed by atoms with E-state index in [0.717, 1.165) is 38.8 Å². The van der Waals surface area contributed by atoms with Crippen LogP contribution in [0.2, 0.25) is 0 Å². The van der Waals surface area contributed by atoms with Gasteiger partial charge in [-0.1, -0.05) is 57.5 Å². The second-order valence-corrected chi connectivity index (χ2v) is 17.2. The van der Waals surface area contributed by atoms with Crippen molar-refractivity contribution in [3.05, 3.63) is 68.3 Å². The molecule has 9 heteroatoms. The van der Waals surface area contributed by atoms with Crippen LogP contribution in [0.25, 0.3) is 0 Å². The van der Waals surface area contributed by atoms with Crippen molar-refractivity contribution in [2.24, 2.45) is 11.3 Å². The van der Waals surface area contributed by atoms with Crippen LogP contribution in [0.4, 0.5) is 0 Å². The smallest absolute Gasteiger partial charge is 0.216 e. The second kappa shape index (κ2) is 13.5. The summed E-state index contributed by atoms with van der Waals surface area (Å²) in [5.41, 5.74) is 5.05. The number of nitrogens with one attached hydrogen (secondary N) is 3. The number of sulfonamides is 1. The Kier molecular flexibility index (Phi) is 10.4. The van der Waals surface area contributed by atoms with Gasteiger partial charge in [-0.25, -0.2) is 8.42 Å². The first kappa shape index (κ1) is 32.3. The Hall–Kier alpha value is -1.08. The number of hydrogen-bond acceptors (Lipinski definition) is 6. The lowest BCUT2D eigenvalue weighted by molar-refractivity contribution is -0.0515. The molecule has 42 heavy (non-hydrogen) atoms. The Bertz CT molecular complexity index is 1290. The number of rotatable bonds is 4. The number of benzene rings is 2. The summed E-state index contributed by atoms with van der Waals surface area (Å²) in [5, 5.41) is 6.67. The van der Waals surface area contributed by atoms with Crippen molar-refractivity contribution >= 4 is 32.6 Å². The fourth-order valence-electron chi connectivity index (χ4n) is 7.22. The maximum atomic E-state index is 13.8. The highest BCUT2D eigenvalue weighted by Gasteiger charge is 2.39. The number of hydrogen-bond donors (Lipinski definition) is 3. The fourth-order valence-corrected chi connectivity index (χ4v) is 9.24. The van der Waals surface area contributed by atoms with E-state index in [-0.39, 0.29) is 29.0 Å². The van der Waals surface area contributed by atoms with Crippen LogP contribution < -0.4 is 15.4 Å². The topological polar surface area (TPSA) is 82.7 Å². The van der Waals surface area contributed by atoms with Gasteiger partial charge in [0.15, 0.2) is 0 Å². The molecule has 0 aromatic heterocycles. The standard InChI is InChI=1S/C33H49IN4O3S/c1-22-8-6-9-23(2)31(22)29-17-30-36-32(35-29)37-42(39,40)28-11-7-10-25(16-28)20-38(19-24-12-14-26(34)15-13-24)27(21-41-30)18-33(3,4)5/h6,8-9,12-15,25,27-30,32,35-37H,7,10-11,16-21H2,1-5H3/t25?,27-,28?,29?,30?,32?/m1/s1. The molecule has 232 valence electrons. The number of ether oxygens (including phenoxy) is 1. The number of nitrogens with zero attached hydrogens (tertiary/aromatic N) is 1. The first-order chi connectivity index (χ1) is 19.9. The number of aryl methyl sites for hydroxylation is 2. The molecule has 3 fully saturated rings. The van der Waals surface area contributed by atoms with E-state index >= 15 is 0 Å². The third-order valence-corrected chi connectivity index (χ3v) is 11.8. The molecule has 0 spiro atoms. The highest BCUT2D eigenvalue weighted by atomic mass is 127. The molecule has 1 saturated carbocycles. The summed E-state index contributed by atoms with van der Waals surface area (Å²) in [7, 11) is -3.54. The van der Waals surface area contributed by atoms with Crippen LogP contribution in [0.3, 0.4) is 0 Å². The van der Waals surface area contributed by atoms with Crippen LogP contribution in [0.5, 0.6) is 0 Å². The third-order valence-electron chi connectivity index (χ3n) is 9.16. The van der Waals surface area contributed by atoms with Crippen LogP contribution in [-0.2, 0) is 21.3 Å². The highest BCUT2D eigenvalue weighted by molar-refractivity contribution is 14.1. The summed E-state index contributed by atoms with van der Waals surface area (Å²) in [4.78, 5) is 2.60. The van der Waals surface area contributed by atoms with Gasteiger partial charge in [0.1, 0.15) is 12.5 Å². The van der Waals surface area contributed by atoms with E-state index in [9.17, 15) is 8.42 Å². The van der Waals surface area contributed by atoms with E-state index in [4.69, 9.17) is 4.74 Å². The molecule has 0 radical (unpaired) electrons. The highest BCUT2D eigenvalue weighted by Crippen LogP contribution is 2.34. The predicted octanol–water partition coefficient (Wildman–Crippen LogP) is 5.96. The van der Waals surface area contributed by atoms with E-state index in [1.807, 2.05) is 0 Å². The first-order valence-electron chi connectivity index (χ1n) is 15.6. The summed E-state index contributed by atoms with van der Waals surface area (Å²) < 4.78 is 38.6. The molecule has 6 atom stereocenters. The zero-order valence-electron chi connectivity index (χ0n) is 25.8. The lowest BCUT2D eigenvalue weighted by atomic mass is 9.85. The molecule has 5 unspecified atom stereocenters. The van der Waals surface area contributed by atoms with Crippen molar-refractivity contribution in [1.82, 2.24) is 20.3 Å². The number of fused-ring (bicyclic) bond motifs is 4. The number of halogens is 1. The minimum absolute atomic E-state index is 0.0293. The zero-order valence-corrected chi connectivity index (χ0v) is 28.8. The zero-order chi connectivity index (χ0) is 30.1. The summed E-state index contributed by atoms with van der Waals surface area (Å²) in [6, 6.07) is 15.3. The van der Waals surface area contributed by atoms with Gasteiger partial charge < -0.3 is 4.74 Å². The van der Waals surface area contributed by atoms with Crippen molar-refractivity contribution in [3.63, 3.8) is 0 Å². The van der Waals surface area contributed by atoms with E-state index < -0.39 is 16.3 Å². The van der Waals surface area contributed by atoms with Gasteiger partial charge in [-0.2, -0.15) is 4.72 Å². The van der Waals surface area contributed by atoms with Crippen LogP contribution >= 0.6 is 22.6 Å². The Balaban J connectivity index is 1.49. The van der Waals surface area contributed by atoms with Crippen LogP contribution in [-0.4, -0.2) is 50.3 Å². The molecule has 1 aliphatic carbocycles. The molecular weight excluding hydrogens is 659 g/mol. The van der Waals surface area contributed by atoms with Crippen molar-refractivity contribution in [1.29, 1.82) is 0 Å². The molecule has 2 aromatic carbocycles.